The topological polar surface area (TPSA) is 88.2 Å². The number of urea groups is 1. The molecule has 8 nitrogen and oxygen atoms in total. The lowest BCUT2D eigenvalue weighted by atomic mass is 10.1. The van der Waals surface area contributed by atoms with Crippen molar-refractivity contribution >= 4 is 35.4 Å². The second-order valence-electron chi connectivity index (χ2n) is 7.84. The van der Waals surface area contributed by atoms with E-state index in [4.69, 9.17) is 21.1 Å². The van der Waals surface area contributed by atoms with Gasteiger partial charge in [-0.3, -0.25) is 4.79 Å². The van der Waals surface area contributed by atoms with Gasteiger partial charge >= 0.3 is 18.1 Å². The molecule has 0 unspecified atom stereocenters. The molecule has 0 spiro atoms. The first-order valence-electron chi connectivity index (χ1n) is 9.71. The number of halogens is 1. The number of amides is 3. The van der Waals surface area contributed by atoms with Gasteiger partial charge in [-0.1, -0.05) is 30.7 Å². The van der Waals surface area contributed by atoms with Gasteiger partial charge in [0.15, 0.2) is 0 Å². The van der Waals surface area contributed by atoms with Gasteiger partial charge < -0.3 is 14.8 Å². The molecule has 1 aliphatic rings. The first kappa shape index (κ1) is 23.5. The van der Waals surface area contributed by atoms with Crippen LogP contribution in [-0.2, 0) is 14.3 Å². The van der Waals surface area contributed by atoms with Gasteiger partial charge in [-0.15, -0.1) is 0 Å². The highest BCUT2D eigenvalue weighted by Crippen LogP contribution is 2.25. The maximum absolute atomic E-state index is 13.2. The third-order valence-electron chi connectivity index (χ3n) is 4.18. The van der Waals surface area contributed by atoms with Gasteiger partial charge in [0.1, 0.15) is 18.2 Å². The quantitative estimate of drug-likeness (QED) is 0.549. The molecular formula is C21H28ClN3O5. The van der Waals surface area contributed by atoms with Crippen molar-refractivity contribution < 1.29 is 23.9 Å². The summed E-state index contributed by atoms with van der Waals surface area (Å²) < 4.78 is 10.7. The molecule has 0 aromatic heterocycles. The van der Waals surface area contributed by atoms with Crippen LogP contribution in [-0.4, -0.2) is 52.4 Å². The van der Waals surface area contributed by atoms with E-state index in [2.05, 4.69) is 5.32 Å². The number of carbonyl (C=O) groups excluding carboxylic acids is 3. The van der Waals surface area contributed by atoms with Gasteiger partial charge in [-0.2, -0.15) is 0 Å². The Morgan fingerprint density at radius 2 is 1.67 bits per heavy atom. The molecule has 164 valence electrons. The number of benzene rings is 1. The van der Waals surface area contributed by atoms with Gasteiger partial charge in [0.25, 0.3) is 0 Å². The Morgan fingerprint density at radius 3 is 2.20 bits per heavy atom. The number of rotatable bonds is 4. The van der Waals surface area contributed by atoms with Gasteiger partial charge in [-0.25, -0.2) is 19.6 Å². The largest absolute Gasteiger partial charge is 0.463 e. The zero-order valence-electron chi connectivity index (χ0n) is 17.8. The van der Waals surface area contributed by atoms with Crippen molar-refractivity contribution in [2.75, 3.05) is 11.9 Å². The minimum atomic E-state index is -0.750. The summed E-state index contributed by atoms with van der Waals surface area (Å²) in [5.74, 6) is -0.483. The van der Waals surface area contributed by atoms with E-state index in [1.54, 1.807) is 51.1 Å². The zero-order valence-corrected chi connectivity index (χ0v) is 18.6. The fourth-order valence-corrected chi connectivity index (χ4v) is 3.00. The first-order chi connectivity index (χ1) is 14.0. The fourth-order valence-electron chi connectivity index (χ4n) is 2.87. The highest BCUT2D eigenvalue weighted by atomic mass is 35.5. The van der Waals surface area contributed by atoms with E-state index in [-0.39, 0.29) is 6.61 Å². The summed E-state index contributed by atoms with van der Waals surface area (Å²) in [7, 11) is 0. The molecule has 0 fully saturated rings. The molecule has 1 aromatic rings. The van der Waals surface area contributed by atoms with Crippen LogP contribution in [0.25, 0.3) is 0 Å². The van der Waals surface area contributed by atoms with Crippen LogP contribution < -0.4 is 5.32 Å². The monoisotopic (exact) mass is 437 g/mol. The van der Waals surface area contributed by atoms with Crippen molar-refractivity contribution in [2.45, 2.75) is 58.7 Å². The van der Waals surface area contributed by atoms with Crippen LogP contribution >= 0.6 is 11.6 Å². The molecule has 30 heavy (non-hydrogen) atoms. The van der Waals surface area contributed by atoms with E-state index in [1.165, 1.54) is 16.9 Å². The Balaban J connectivity index is 2.38. The first-order valence-corrected chi connectivity index (χ1v) is 10.1. The molecule has 9 heteroatoms. The van der Waals surface area contributed by atoms with Gasteiger partial charge in [0.2, 0.25) is 0 Å². The van der Waals surface area contributed by atoms with Crippen LogP contribution in [0.4, 0.5) is 15.3 Å². The molecule has 1 aliphatic heterocycles. The number of anilines is 1. The van der Waals surface area contributed by atoms with Crippen LogP contribution in [0.2, 0.25) is 5.02 Å². The summed E-state index contributed by atoms with van der Waals surface area (Å²) in [4.78, 5) is 37.5. The molecule has 0 radical (unpaired) electrons. The van der Waals surface area contributed by atoms with Gasteiger partial charge in [0.05, 0.1) is 6.04 Å². The Bertz CT molecular complexity index is 804. The molecule has 1 N–H and O–H groups in total. The predicted molar refractivity (Wildman–Crippen MR) is 114 cm³/mol. The Morgan fingerprint density at radius 1 is 1.07 bits per heavy atom. The normalized spacial score (nSPS) is 18.7. The summed E-state index contributed by atoms with van der Waals surface area (Å²) in [6.07, 6.45) is 3.45. The number of hydrogen-bond donors (Lipinski definition) is 1. The number of nitrogens with zero attached hydrogens (tertiary/aromatic N) is 2. The SMILES string of the molecule is CC[C@@H]1C=C[C@H](COC(C)=O)N(C(=O)Nc2ccc(Cl)cc2)N1C(=O)OC(C)(C)C. The Kier molecular flexibility index (Phi) is 7.72. The number of esters is 1. The predicted octanol–water partition coefficient (Wildman–Crippen LogP) is 4.61. The Hall–Kier alpha value is -2.74. The van der Waals surface area contributed by atoms with Crippen molar-refractivity contribution in [2.24, 2.45) is 0 Å². The maximum atomic E-state index is 13.2. The number of nitrogens with one attached hydrogen (secondary N) is 1. The van der Waals surface area contributed by atoms with Crippen molar-refractivity contribution in [3.8, 4) is 0 Å². The average Bonchev–Trinajstić information content (AvgIpc) is 2.65. The van der Waals surface area contributed by atoms with Crippen LogP contribution in [0.5, 0.6) is 0 Å². The van der Waals surface area contributed by atoms with Crippen LogP contribution in [0, 0.1) is 0 Å². The average molecular weight is 438 g/mol. The molecule has 2 atom stereocenters. The van der Waals surface area contributed by atoms with Crippen molar-refractivity contribution in [3.63, 3.8) is 0 Å². The molecule has 3 amide bonds. The minimum absolute atomic E-state index is 0.102. The molecule has 2 rings (SSSR count). The lowest BCUT2D eigenvalue weighted by molar-refractivity contribution is -0.143. The lowest BCUT2D eigenvalue weighted by Gasteiger charge is -2.44. The van der Waals surface area contributed by atoms with E-state index in [0.717, 1.165) is 0 Å². The molecule has 0 aliphatic carbocycles. The fraction of sp³-hybridized carbons (Fsp3) is 0.476. The zero-order chi connectivity index (χ0) is 22.5. The van der Waals surface area contributed by atoms with Crippen LogP contribution in [0.3, 0.4) is 0 Å². The second kappa shape index (κ2) is 9.84. The summed E-state index contributed by atoms with van der Waals surface area (Å²) in [5, 5.41) is 5.79. The van der Waals surface area contributed by atoms with Crippen LogP contribution in [0.1, 0.15) is 41.0 Å². The van der Waals surface area contributed by atoms with E-state index < -0.39 is 35.8 Å². The third-order valence-corrected chi connectivity index (χ3v) is 4.43. The number of ether oxygens (including phenoxy) is 2. The van der Waals surface area contributed by atoms with Crippen molar-refractivity contribution in [1.82, 2.24) is 10.0 Å². The molecule has 0 saturated heterocycles. The van der Waals surface area contributed by atoms with Crippen molar-refractivity contribution in [1.29, 1.82) is 0 Å². The summed E-state index contributed by atoms with van der Waals surface area (Å²) in [5.41, 5.74) is -0.248. The molecule has 0 saturated carbocycles. The van der Waals surface area contributed by atoms with Crippen molar-refractivity contribution in [3.05, 3.63) is 41.4 Å². The smallest absolute Gasteiger partial charge is 0.430 e. The lowest BCUT2D eigenvalue weighted by Crippen LogP contribution is -2.62. The maximum Gasteiger partial charge on any atom is 0.430 e. The molecule has 0 bridgehead atoms. The number of hydrogen-bond acceptors (Lipinski definition) is 5. The molecular weight excluding hydrogens is 410 g/mol. The van der Waals surface area contributed by atoms with E-state index >= 15 is 0 Å². The van der Waals surface area contributed by atoms with E-state index in [1.807, 2.05) is 13.0 Å². The highest BCUT2D eigenvalue weighted by molar-refractivity contribution is 6.30. The van der Waals surface area contributed by atoms with E-state index in [0.29, 0.717) is 17.1 Å². The van der Waals surface area contributed by atoms with Gasteiger partial charge in [-0.05, 0) is 51.5 Å². The third kappa shape index (κ3) is 6.38. The molecule has 1 aromatic carbocycles. The number of hydrazine groups is 1. The summed E-state index contributed by atoms with van der Waals surface area (Å²) in [6.45, 7) is 8.33. The standard InChI is InChI=1S/C21H28ClN3O5/c1-6-17-11-12-18(13-29-14(2)26)24(25(17)20(28)30-21(3,4)5)19(27)23-16-9-7-15(22)8-10-16/h7-12,17-18H,6,13H2,1-5H3,(H,23,27)/t17-,18-/m1/s1. The number of carbonyl (C=O) groups is 3. The molecule has 1 heterocycles. The highest BCUT2D eigenvalue weighted by Gasteiger charge is 2.40. The van der Waals surface area contributed by atoms with Gasteiger partial charge in [0, 0.05) is 17.6 Å². The van der Waals surface area contributed by atoms with E-state index in [9.17, 15) is 14.4 Å². The summed E-state index contributed by atoms with van der Waals surface area (Å²) >= 11 is 5.90. The van der Waals surface area contributed by atoms with Crippen LogP contribution in [0.15, 0.2) is 36.4 Å². The second-order valence-corrected chi connectivity index (χ2v) is 8.27. The Labute approximate surface area is 181 Å². The summed E-state index contributed by atoms with van der Waals surface area (Å²) in [6, 6.07) is 4.93. The minimum Gasteiger partial charge on any atom is -0.463 e.